The summed E-state index contributed by atoms with van der Waals surface area (Å²) in [5.74, 6) is 2.71. The van der Waals surface area contributed by atoms with Gasteiger partial charge in [-0.2, -0.15) is 0 Å². The first-order chi connectivity index (χ1) is 18.0. The highest BCUT2D eigenvalue weighted by atomic mass is 32.2. The lowest BCUT2D eigenvalue weighted by Gasteiger charge is -2.28. The molecular formula is C27H29N5O4S. The fourth-order valence-electron chi connectivity index (χ4n) is 4.77. The summed E-state index contributed by atoms with van der Waals surface area (Å²) in [7, 11) is -2.90. The van der Waals surface area contributed by atoms with Crippen LogP contribution >= 0.6 is 0 Å². The van der Waals surface area contributed by atoms with E-state index in [2.05, 4.69) is 49.4 Å². The molecular weight excluding hydrogens is 490 g/mol. The zero-order valence-corrected chi connectivity index (χ0v) is 21.3. The number of anilines is 3. The first-order valence-corrected chi connectivity index (χ1v) is 14.3. The average molecular weight is 520 g/mol. The normalized spacial score (nSPS) is 18.2. The molecule has 0 amide bonds. The van der Waals surface area contributed by atoms with Gasteiger partial charge in [-0.1, -0.05) is 0 Å². The highest BCUT2D eigenvalue weighted by Crippen LogP contribution is 2.30. The molecule has 2 fully saturated rings. The van der Waals surface area contributed by atoms with Crippen molar-refractivity contribution in [1.82, 2.24) is 14.9 Å². The third-order valence-corrected chi connectivity index (χ3v) is 8.51. The van der Waals surface area contributed by atoms with Gasteiger partial charge in [0, 0.05) is 48.5 Å². The van der Waals surface area contributed by atoms with Crippen LogP contribution in [0.25, 0.3) is 22.2 Å². The summed E-state index contributed by atoms with van der Waals surface area (Å²) in [6, 6.07) is 18.3. The predicted molar refractivity (Wildman–Crippen MR) is 144 cm³/mol. The molecule has 4 aromatic rings. The zero-order valence-electron chi connectivity index (χ0n) is 20.5. The molecule has 0 aliphatic carbocycles. The van der Waals surface area contributed by atoms with Crippen molar-refractivity contribution in [3.05, 3.63) is 66.7 Å². The molecule has 2 aromatic carbocycles. The van der Waals surface area contributed by atoms with Gasteiger partial charge in [0.05, 0.1) is 36.8 Å². The molecule has 2 aliphatic rings. The molecule has 0 saturated carbocycles. The van der Waals surface area contributed by atoms with Gasteiger partial charge in [0.1, 0.15) is 23.7 Å². The molecule has 2 aromatic heterocycles. The summed E-state index contributed by atoms with van der Waals surface area (Å²) in [6.45, 7) is 4.99. The number of nitrogens with zero attached hydrogens (tertiary/aromatic N) is 4. The summed E-state index contributed by atoms with van der Waals surface area (Å²) in [4.78, 5) is 13.4. The average Bonchev–Trinajstić information content (AvgIpc) is 3.39. The van der Waals surface area contributed by atoms with Crippen molar-refractivity contribution in [2.75, 3.05) is 61.1 Å². The van der Waals surface area contributed by atoms with E-state index in [1.54, 1.807) is 6.33 Å². The number of rotatable bonds is 6. The molecule has 0 unspecified atom stereocenters. The van der Waals surface area contributed by atoms with Crippen LogP contribution in [-0.4, -0.2) is 74.2 Å². The van der Waals surface area contributed by atoms with Crippen LogP contribution in [0.3, 0.4) is 0 Å². The van der Waals surface area contributed by atoms with Gasteiger partial charge in [0.2, 0.25) is 0 Å². The second kappa shape index (κ2) is 10.1. The third kappa shape index (κ3) is 5.46. The molecule has 4 heterocycles. The summed E-state index contributed by atoms with van der Waals surface area (Å²) in [5.41, 5.74) is 3.91. The highest BCUT2D eigenvalue weighted by Gasteiger charge is 2.22. The standard InChI is InChI=1S/C27H29N5O4S/c33-37(34)15-11-31(12-16-37)18-23-6-8-26(36-23)20-1-7-25-24(17-20)27(29-19-28-25)30-21-2-4-22(5-3-21)32-9-13-35-14-10-32/h1-8,17,19H,9-16,18H2,(H,28,29,30). The third-order valence-electron chi connectivity index (χ3n) is 6.90. The van der Waals surface area contributed by atoms with Crippen molar-refractivity contribution in [2.45, 2.75) is 6.54 Å². The van der Waals surface area contributed by atoms with E-state index >= 15 is 0 Å². The van der Waals surface area contributed by atoms with Crippen molar-refractivity contribution in [3.8, 4) is 11.3 Å². The van der Waals surface area contributed by atoms with Crippen LogP contribution in [0.1, 0.15) is 5.76 Å². The van der Waals surface area contributed by atoms with Crippen LogP contribution in [0.2, 0.25) is 0 Å². The number of hydrogen-bond acceptors (Lipinski definition) is 9. The minimum atomic E-state index is -2.90. The number of sulfone groups is 1. The number of furan rings is 1. The lowest BCUT2D eigenvalue weighted by Crippen LogP contribution is -2.39. The van der Waals surface area contributed by atoms with Gasteiger partial charge < -0.3 is 19.4 Å². The zero-order chi connectivity index (χ0) is 25.2. The SMILES string of the molecule is O=S1(=O)CCN(Cc2ccc(-c3ccc4ncnc(Nc5ccc(N6CCOCC6)cc5)c4c3)o2)CC1. The largest absolute Gasteiger partial charge is 0.460 e. The van der Waals surface area contributed by atoms with E-state index in [9.17, 15) is 8.42 Å². The fraction of sp³-hybridized carbons (Fsp3) is 0.333. The number of fused-ring (bicyclic) bond motifs is 1. The molecule has 6 rings (SSSR count). The van der Waals surface area contributed by atoms with Gasteiger partial charge >= 0.3 is 0 Å². The van der Waals surface area contributed by atoms with E-state index in [0.717, 1.165) is 65.8 Å². The second-order valence-corrected chi connectivity index (χ2v) is 11.7. The van der Waals surface area contributed by atoms with Gasteiger partial charge in [-0.05, 0) is 54.6 Å². The number of morpholine rings is 1. The summed E-state index contributed by atoms with van der Waals surface area (Å²) in [6.07, 6.45) is 1.57. The fourth-order valence-corrected chi connectivity index (χ4v) is 6.05. The quantitative estimate of drug-likeness (QED) is 0.409. The van der Waals surface area contributed by atoms with Gasteiger partial charge in [0.15, 0.2) is 9.84 Å². The van der Waals surface area contributed by atoms with Crippen molar-refractivity contribution in [3.63, 3.8) is 0 Å². The minimum absolute atomic E-state index is 0.205. The van der Waals surface area contributed by atoms with Crippen LogP contribution in [0.4, 0.5) is 17.2 Å². The Morgan fingerprint density at radius 1 is 0.892 bits per heavy atom. The minimum Gasteiger partial charge on any atom is -0.460 e. The van der Waals surface area contributed by atoms with Crippen molar-refractivity contribution in [2.24, 2.45) is 0 Å². The van der Waals surface area contributed by atoms with E-state index in [1.165, 1.54) is 5.69 Å². The van der Waals surface area contributed by atoms with E-state index in [-0.39, 0.29) is 11.5 Å². The first kappa shape index (κ1) is 23.9. The van der Waals surface area contributed by atoms with Gasteiger partial charge in [-0.25, -0.2) is 18.4 Å². The van der Waals surface area contributed by atoms with E-state index in [0.29, 0.717) is 19.6 Å². The molecule has 192 valence electrons. The van der Waals surface area contributed by atoms with Crippen LogP contribution in [0.5, 0.6) is 0 Å². The maximum Gasteiger partial charge on any atom is 0.152 e. The molecule has 1 N–H and O–H groups in total. The van der Waals surface area contributed by atoms with Crippen LogP contribution in [0, 0.1) is 0 Å². The molecule has 37 heavy (non-hydrogen) atoms. The predicted octanol–water partition coefficient (Wildman–Crippen LogP) is 3.70. The van der Waals surface area contributed by atoms with E-state index in [1.807, 2.05) is 30.3 Å². The number of hydrogen-bond donors (Lipinski definition) is 1. The second-order valence-electron chi connectivity index (χ2n) is 9.42. The van der Waals surface area contributed by atoms with Crippen LogP contribution in [0.15, 0.2) is 65.3 Å². The Hall–Kier alpha value is -3.47. The molecule has 0 atom stereocenters. The van der Waals surface area contributed by atoms with Gasteiger partial charge in [-0.3, -0.25) is 4.90 Å². The Balaban J connectivity index is 1.19. The molecule has 2 saturated heterocycles. The van der Waals surface area contributed by atoms with Crippen LogP contribution in [-0.2, 0) is 21.1 Å². The smallest absolute Gasteiger partial charge is 0.152 e. The Morgan fingerprint density at radius 2 is 1.68 bits per heavy atom. The Bertz CT molecular complexity index is 1480. The van der Waals surface area contributed by atoms with Gasteiger partial charge in [-0.15, -0.1) is 0 Å². The van der Waals surface area contributed by atoms with Crippen molar-refractivity contribution < 1.29 is 17.6 Å². The Kier molecular flexibility index (Phi) is 6.54. The molecule has 10 heteroatoms. The van der Waals surface area contributed by atoms with Crippen molar-refractivity contribution >= 4 is 37.9 Å². The number of ether oxygens (including phenoxy) is 1. The number of benzene rings is 2. The number of nitrogens with one attached hydrogen (secondary N) is 1. The Morgan fingerprint density at radius 3 is 2.46 bits per heavy atom. The van der Waals surface area contributed by atoms with E-state index < -0.39 is 9.84 Å². The summed E-state index contributed by atoms with van der Waals surface area (Å²) >= 11 is 0. The monoisotopic (exact) mass is 519 g/mol. The van der Waals surface area contributed by atoms with Crippen LogP contribution < -0.4 is 10.2 Å². The van der Waals surface area contributed by atoms with E-state index in [4.69, 9.17) is 9.15 Å². The van der Waals surface area contributed by atoms with Gasteiger partial charge in [0.25, 0.3) is 0 Å². The lowest BCUT2D eigenvalue weighted by atomic mass is 10.1. The topological polar surface area (TPSA) is 101 Å². The molecule has 9 nitrogen and oxygen atoms in total. The first-order valence-electron chi connectivity index (χ1n) is 12.5. The lowest BCUT2D eigenvalue weighted by molar-refractivity contribution is 0.122. The maximum atomic E-state index is 11.7. The molecule has 2 aliphatic heterocycles. The molecule has 0 bridgehead atoms. The highest BCUT2D eigenvalue weighted by molar-refractivity contribution is 7.91. The maximum absolute atomic E-state index is 11.7. The summed E-state index contributed by atoms with van der Waals surface area (Å²) in [5, 5.41) is 4.34. The molecule has 0 radical (unpaired) electrons. The van der Waals surface area contributed by atoms with Crippen molar-refractivity contribution in [1.29, 1.82) is 0 Å². The molecule has 0 spiro atoms. The Labute approximate surface area is 216 Å². The summed E-state index contributed by atoms with van der Waals surface area (Å²) < 4.78 is 35.0. The number of aromatic nitrogens is 2.